The Balaban J connectivity index is 1.64. The summed E-state index contributed by atoms with van der Waals surface area (Å²) in [5, 5.41) is 10.1. The molecule has 0 unspecified atom stereocenters. The summed E-state index contributed by atoms with van der Waals surface area (Å²) in [4.78, 5) is 33.5. The van der Waals surface area contributed by atoms with Gasteiger partial charge in [-0.3, -0.25) is 14.2 Å². The molecule has 36 heavy (non-hydrogen) atoms. The number of ketones is 1. The maximum atomic E-state index is 13.8. The molecule has 0 amide bonds. The number of carbonyl (C=O) groups is 1. The Kier molecular flexibility index (Phi) is 6.54. The van der Waals surface area contributed by atoms with E-state index in [4.69, 9.17) is 4.74 Å². The molecule has 1 aliphatic heterocycles. The molecule has 1 saturated heterocycles. The Bertz CT molecular complexity index is 1510. The van der Waals surface area contributed by atoms with Gasteiger partial charge in [0.05, 0.1) is 20.0 Å². The van der Waals surface area contributed by atoms with Crippen LogP contribution in [0, 0.1) is 11.3 Å². The van der Waals surface area contributed by atoms with E-state index in [9.17, 15) is 14.9 Å². The first kappa shape index (κ1) is 23.4. The second-order valence-corrected chi connectivity index (χ2v) is 8.96. The molecule has 0 spiro atoms. The summed E-state index contributed by atoms with van der Waals surface area (Å²) in [6.07, 6.45) is 4.58. The van der Waals surface area contributed by atoms with Gasteiger partial charge in [0, 0.05) is 25.2 Å². The van der Waals surface area contributed by atoms with Crippen LogP contribution >= 0.6 is 0 Å². The topological polar surface area (TPSA) is 93.1 Å². The molecule has 8 heteroatoms. The van der Waals surface area contributed by atoms with Gasteiger partial charge >= 0.3 is 0 Å². The monoisotopic (exact) mass is 481 g/mol. The zero-order valence-electron chi connectivity index (χ0n) is 20.2. The van der Waals surface area contributed by atoms with Gasteiger partial charge in [0.2, 0.25) is 0 Å². The number of carbonyl (C=O) groups excluding carboxylic acids is 1. The van der Waals surface area contributed by atoms with Crippen molar-refractivity contribution in [2.24, 2.45) is 0 Å². The van der Waals surface area contributed by atoms with Crippen molar-refractivity contribution < 1.29 is 9.53 Å². The Morgan fingerprint density at radius 1 is 1.08 bits per heavy atom. The van der Waals surface area contributed by atoms with Crippen molar-refractivity contribution in [3.05, 3.63) is 88.0 Å². The fourth-order valence-electron chi connectivity index (χ4n) is 4.86. The second-order valence-electron chi connectivity index (χ2n) is 8.96. The predicted octanol–water partition coefficient (Wildman–Crippen LogP) is 4.00. The highest BCUT2D eigenvalue weighted by atomic mass is 16.5. The minimum Gasteiger partial charge on any atom is -0.497 e. The van der Waals surface area contributed by atoms with Crippen LogP contribution in [-0.4, -0.2) is 40.1 Å². The first-order valence-corrected chi connectivity index (χ1v) is 12.1. The Morgan fingerprint density at radius 3 is 2.58 bits per heavy atom. The highest BCUT2D eigenvalue weighted by Crippen LogP contribution is 2.32. The first-order chi connectivity index (χ1) is 17.6. The molecule has 5 rings (SSSR count). The highest BCUT2D eigenvalue weighted by Gasteiger charge is 2.27. The Hall–Kier alpha value is -4.38. The van der Waals surface area contributed by atoms with Crippen molar-refractivity contribution in [3.8, 4) is 11.8 Å². The molecule has 3 heterocycles. The van der Waals surface area contributed by atoms with E-state index in [-0.39, 0.29) is 17.9 Å². The summed E-state index contributed by atoms with van der Waals surface area (Å²) >= 11 is 0. The van der Waals surface area contributed by atoms with Gasteiger partial charge in [-0.25, -0.2) is 4.98 Å². The lowest BCUT2D eigenvalue weighted by Crippen LogP contribution is -2.32. The van der Waals surface area contributed by atoms with E-state index < -0.39 is 0 Å². The maximum absolute atomic E-state index is 13.8. The molecule has 0 radical (unpaired) electrons. The van der Waals surface area contributed by atoms with Gasteiger partial charge in [0.25, 0.3) is 5.56 Å². The summed E-state index contributed by atoms with van der Waals surface area (Å²) in [6, 6.07) is 19.0. The average molecular weight is 482 g/mol. The number of aromatic nitrogens is 3. The molecular weight excluding hydrogens is 454 g/mol. The van der Waals surface area contributed by atoms with Crippen molar-refractivity contribution in [1.29, 1.82) is 5.26 Å². The van der Waals surface area contributed by atoms with E-state index in [0.717, 1.165) is 43.7 Å². The summed E-state index contributed by atoms with van der Waals surface area (Å²) in [5.74, 6) is 1.08. The van der Waals surface area contributed by atoms with Crippen LogP contribution in [0.2, 0.25) is 0 Å². The van der Waals surface area contributed by atoms with Gasteiger partial charge < -0.3 is 14.2 Å². The lowest BCUT2D eigenvalue weighted by molar-refractivity contribution is 0.0970. The normalized spacial score (nSPS) is 13.5. The molecule has 0 bridgehead atoms. The minimum absolute atomic E-state index is 0.160. The fraction of sp³-hybridized carbons (Fsp3) is 0.286. The molecule has 0 aliphatic carbocycles. The molecule has 2 aromatic carbocycles. The van der Waals surface area contributed by atoms with Crippen LogP contribution in [0.25, 0.3) is 11.0 Å². The third kappa shape index (κ3) is 4.36. The zero-order valence-corrected chi connectivity index (χ0v) is 20.2. The largest absolute Gasteiger partial charge is 0.497 e. The Labute approximate surface area is 209 Å². The molecule has 1 aliphatic rings. The smallest absolute Gasteiger partial charge is 0.278 e. The van der Waals surface area contributed by atoms with Crippen LogP contribution in [0.15, 0.2) is 65.7 Å². The van der Waals surface area contributed by atoms with E-state index in [1.807, 2.05) is 34.9 Å². The summed E-state index contributed by atoms with van der Waals surface area (Å²) in [5.41, 5.74) is 2.26. The number of hydrogen-bond acceptors (Lipinski definition) is 6. The molecule has 182 valence electrons. The van der Waals surface area contributed by atoms with E-state index in [0.29, 0.717) is 34.5 Å². The summed E-state index contributed by atoms with van der Waals surface area (Å²) < 4.78 is 8.46. The Morgan fingerprint density at radius 2 is 1.86 bits per heavy atom. The molecule has 4 aromatic rings. The lowest BCUT2D eigenvalue weighted by atomic mass is 10.1. The third-order valence-electron chi connectivity index (χ3n) is 6.66. The fourth-order valence-corrected chi connectivity index (χ4v) is 4.86. The number of methoxy groups -OCH3 is 1. The van der Waals surface area contributed by atoms with Gasteiger partial charge in [0.1, 0.15) is 34.2 Å². The molecule has 2 aromatic heterocycles. The number of piperidine rings is 1. The zero-order chi connectivity index (χ0) is 25.1. The van der Waals surface area contributed by atoms with Crippen LogP contribution < -0.4 is 15.2 Å². The standard InChI is InChI=1S/C28H27N5O3/c1-36-22-12-8-11-21(15-22)24(34)18-32-19-30-25-23(16-29)27(31-13-6-3-7-14-31)33(26(25)28(32)35)17-20-9-4-2-5-10-20/h2,4-5,8-12,15,19H,3,6-7,13-14,17-18H2,1H3. The van der Waals surface area contributed by atoms with Crippen LogP contribution in [0.3, 0.4) is 0 Å². The number of fused-ring (bicyclic) bond motifs is 1. The summed E-state index contributed by atoms with van der Waals surface area (Å²) in [7, 11) is 1.54. The number of hydrogen-bond donors (Lipinski definition) is 0. The maximum Gasteiger partial charge on any atom is 0.278 e. The van der Waals surface area contributed by atoms with Crippen LogP contribution in [0.5, 0.6) is 5.75 Å². The van der Waals surface area contributed by atoms with Crippen molar-refractivity contribution in [2.45, 2.75) is 32.4 Å². The van der Waals surface area contributed by atoms with Crippen molar-refractivity contribution in [2.75, 3.05) is 25.1 Å². The number of Topliss-reactive ketones (excluding diaryl/α,β-unsaturated/α-hetero) is 1. The third-order valence-corrected chi connectivity index (χ3v) is 6.66. The summed E-state index contributed by atoms with van der Waals surface area (Å²) in [6.45, 7) is 1.91. The SMILES string of the molecule is COc1cccc(C(=O)Cn2cnc3c(C#N)c(N4CCCCC4)n(Cc4ccccc4)c3c2=O)c1. The van der Waals surface area contributed by atoms with Crippen LogP contribution in [0.4, 0.5) is 5.82 Å². The van der Waals surface area contributed by atoms with E-state index in [1.165, 1.54) is 10.9 Å². The number of nitriles is 1. The van der Waals surface area contributed by atoms with E-state index >= 15 is 0 Å². The molecule has 0 atom stereocenters. The minimum atomic E-state index is -0.341. The van der Waals surface area contributed by atoms with Crippen LogP contribution in [-0.2, 0) is 13.1 Å². The number of rotatable bonds is 7. The van der Waals surface area contributed by atoms with Crippen molar-refractivity contribution in [1.82, 2.24) is 14.1 Å². The predicted molar refractivity (Wildman–Crippen MR) is 138 cm³/mol. The molecule has 0 saturated carbocycles. The van der Waals surface area contributed by atoms with E-state index in [2.05, 4.69) is 16.0 Å². The number of ether oxygens (including phenoxy) is 1. The van der Waals surface area contributed by atoms with Gasteiger partial charge in [-0.15, -0.1) is 0 Å². The second kappa shape index (κ2) is 10.1. The van der Waals surface area contributed by atoms with E-state index in [1.54, 1.807) is 31.4 Å². The van der Waals surface area contributed by atoms with Crippen molar-refractivity contribution in [3.63, 3.8) is 0 Å². The van der Waals surface area contributed by atoms with Gasteiger partial charge in [-0.05, 0) is 37.0 Å². The van der Waals surface area contributed by atoms with Crippen molar-refractivity contribution >= 4 is 22.6 Å². The lowest BCUT2D eigenvalue weighted by Gasteiger charge is -2.30. The number of nitrogens with zero attached hydrogens (tertiary/aromatic N) is 5. The molecule has 1 fully saturated rings. The van der Waals surface area contributed by atoms with Crippen LogP contribution in [0.1, 0.15) is 40.7 Å². The first-order valence-electron chi connectivity index (χ1n) is 12.1. The number of benzene rings is 2. The molecule has 0 N–H and O–H groups in total. The molecule has 8 nitrogen and oxygen atoms in total. The number of anilines is 1. The molecular formula is C28H27N5O3. The van der Waals surface area contributed by atoms with Gasteiger partial charge in [-0.1, -0.05) is 42.5 Å². The van der Waals surface area contributed by atoms with Gasteiger partial charge in [0.15, 0.2) is 5.78 Å². The highest BCUT2D eigenvalue weighted by molar-refractivity contribution is 5.96. The van der Waals surface area contributed by atoms with Gasteiger partial charge in [-0.2, -0.15) is 5.26 Å². The average Bonchev–Trinajstić information content (AvgIpc) is 3.24. The quantitative estimate of drug-likeness (QED) is 0.371.